The molecule has 0 amide bonds. The fraction of sp³-hybridized carbons (Fsp3) is 0.647. The lowest BCUT2D eigenvalue weighted by molar-refractivity contribution is 0.158. The zero-order valence-corrected chi connectivity index (χ0v) is 13.7. The number of nitrogens with two attached hydrogens (primary N) is 1. The number of hydrogen-bond donors (Lipinski definition) is 1. The normalized spacial score (nSPS) is 24.6. The predicted molar refractivity (Wildman–Crippen MR) is 89.2 cm³/mol. The van der Waals surface area contributed by atoms with E-state index in [2.05, 4.69) is 42.3 Å². The van der Waals surface area contributed by atoms with Crippen LogP contribution in [0.4, 0.5) is 0 Å². The average molecular weight is 292 g/mol. The van der Waals surface area contributed by atoms with Gasteiger partial charge in [0.1, 0.15) is 0 Å². The maximum absolute atomic E-state index is 6.08. The summed E-state index contributed by atoms with van der Waals surface area (Å²) in [7, 11) is 0. The van der Waals surface area contributed by atoms with Crippen molar-refractivity contribution >= 4 is 11.8 Å². The largest absolute Gasteiger partial charge is 0.330 e. The van der Waals surface area contributed by atoms with Crippen molar-refractivity contribution in [2.45, 2.75) is 43.5 Å². The molecule has 2 nitrogen and oxygen atoms in total. The van der Waals surface area contributed by atoms with Gasteiger partial charge in [-0.2, -0.15) is 0 Å². The molecule has 0 spiro atoms. The van der Waals surface area contributed by atoms with E-state index >= 15 is 0 Å². The molecule has 1 aromatic carbocycles. The number of hydrogen-bond acceptors (Lipinski definition) is 3. The molecule has 112 valence electrons. The average Bonchev–Trinajstić information content (AvgIpc) is 2.70. The minimum atomic E-state index is 0.512. The van der Waals surface area contributed by atoms with Gasteiger partial charge < -0.3 is 5.73 Å². The molecule has 1 heterocycles. The van der Waals surface area contributed by atoms with Crippen LogP contribution in [0.2, 0.25) is 0 Å². The van der Waals surface area contributed by atoms with E-state index in [4.69, 9.17) is 5.73 Å². The Kier molecular flexibility index (Phi) is 6.40. The Labute approximate surface area is 128 Å². The van der Waals surface area contributed by atoms with Crippen molar-refractivity contribution in [3.8, 4) is 0 Å². The van der Waals surface area contributed by atoms with Crippen LogP contribution in [-0.4, -0.2) is 30.8 Å². The molecular weight excluding hydrogens is 264 g/mol. The molecule has 0 saturated carbocycles. The second-order valence-corrected chi connectivity index (χ2v) is 6.63. The van der Waals surface area contributed by atoms with E-state index in [1.807, 2.05) is 11.8 Å². The van der Waals surface area contributed by atoms with Gasteiger partial charge in [0, 0.05) is 10.9 Å². The molecule has 1 aliphatic rings. The Morgan fingerprint density at radius 1 is 1.25 bits per heavy atom. The van der Waals surface area contributed by atoms with Gasteiger partial charge in [-0.15, -0.1) is 11.8 Å². The Morgan fingerprint density at radius 3 is 2.60 bits per heavy atom. The number of likely N-dealkylation sites (tertiary alicyclic amines) is 1. The summed E-state index contributed by atoms with van der Waals surface area (Å²) < 4.78 is 0. The van der Waals surface area contributed by atoms with Crippen LogP contribution in [0.1, 0.15) is 44.2 Å². The fourth-order valence-electron chi connectivity index (χ4n) is 3.39. The summed E-state index contributed by atoms with van der Waals surface area (Å²) in [6.07, 6.45) is 7.26. The molecule has 1 aromatic rings. The maximum atomic E-state index is 6.08. The third-order valence-corrected chi connectivity index (χ3v) is 5.12. The third-order valence-electron chi connectivity index (χ3n) is 4.38. The Hall–Kier alpha value is -0.510. The summed E-state index contributed by atoms with van der Waals surface area (Å²) >= 11 is 1.81. The first kappa shape index (κ1) is 15.9. The molecular formula is C17H28N2S. The zero-order valence-electron chi connectivity index (χ0n) is 12.8. The predicted octanol–water partition coefficient (Wildman–Crippen LogP) is 3.92. The van der Waals surface area contributed by atoms with Crippen LogP contribution in [0.5, 0.6) is 0 Å². The van der Waals surface area contributed by atoms with E-state index in [0.29, 0.717) is 12.0 Å². The van der Waals surface area contributed by atoms with Gasteiger partial charge in [0.05, 0.1) is 0 Å². The van der Waals surface area contributed by atoms with E-state index in [9.17, 15) is 0 Å². The summed E-state index contributed by atoms with van der Waals surface area (Å²) in [6.45, 7) is 5.48. The molecule has 1 saturated heterocycles. The van der Waals surface area contributed by atoms with E-state index in [1.165, 1.54) is 49.2 Å². The monoisotopic (exact) mass is 292 g/mol. The van der Waals surface area contributed by atoms with Gasteiger partial charge in [-0.3, -0.25) is 4.90 Å². The standard InChI is InChI=1S/C17H28N2S/c1-3-11-19-12-5-4-6-15(13-18)17(19)14-7-9-16(20-2)10-8-14/h7-10,15,17H,3-6,11-13,18H2,1-2H3. The van der Waals surface area contributed by atoms with Crippen LogP contribution in [0.15, 0.2) is 29.2 Å². The first-order chi connectivity index (χ1) is 9.80. The molecule has 0 aliphatic carbocycles. The lowest BCUT2D eigenvalue weighted by Crippen LogP contribution is -2.36. The number of benzene rings is 1. The van der Waals surface area contributed by atoms with Crippen LogP contribution in [0.3, 0.4) is 0 Å². The number of nitrogens with zero attached hydrogens (tertiary/aromatic N) is 1. The van der Waals surface area contributed by atoms with Crippen molar-refractivity contribution in [3.63, 3.8) is 0 Å². The topological polar surface area (TPSA) is 29.3 Å². The smallest absolute Gasteiger partial charge is 0.0388 e. The highest BCUT2D eigenvalue weighted by atomic mass is 32.2. The second kappa shape index (κ2) is 8.06. The van der Waals surface area contributed by atoms with Crippen LogP contribution in [0.25, 0.3) is 0 Å². The molecule has 0 aromatic heterocycles. The van der Waals surface area contributed by atoms with E-state index in [0.717, 1.165) is 6.54 Å². The molecule has 2 unspecified atom stereocenters. The summed E-state index contributed by atoms with van der Waals surface area (Å²) in [5, 5.41) is 0. The molecule has 1 aliphatic heterocycles. The molecule has 20 heavy (non-hydrogen) atoms. The van der Waals surface area contributed by atoms with Gasteiger partial charge in [0.15, 0.2) is 0 Å². The quantitative estimate of drug-likeness (QED) is 0.834. The lowest BCUT2D eigenvalue weighted by atomic mass is 9.89. The van der Waals surface area contributed by atoms with Crippen molar-refractivity contribution in [1.82, 2.24) is 4.90 Å². The minimum Gasteiger partial charge on any atom is -0.330 e. The molecule has 1 fully saturated rings. The SMILES string of the molecule is CCCN1CCCCC(CN)C1c1ccc(SC)cc1. The Balaban J connectivity index is 2.27. The van der Waals surface area contributed by atoms with E-state index in [1.54, 1.807) is 0 Å². The second-order valence-electron chi connectivity index (χ2n) is 5.75. The van der Waals surface area contributed by atoms with Crippen molar-refractivity contribution in [2.24, 2.45) is 11.7 Å². The molecule has 3 heteroatoms. The van der Waals surface area contributed by atoms with Gasteiger partial charge in [0.2, 0.25) is 0 Å². The van der Waals surface area contributed by atoms with Gasteiger partial charge >= 0.3 is 0 Å². The highest BCUT2D eigenvalue weighted by molar-refractivity contribution is 7.98. The van der Waals surface area contributed by atoms with E-state index < -0.39 is 0 Å². The highest BCUT2D eigenvalue weighted by Crippen LogP contribution is 2.35. The number of rotatable bonds is 5. The first-order valence-electron chi connectivity index (χ1n) is 7.88. The van der Waals surface area contributed by atoms with Crippen molar-refractivity contribution in [2.75, 3.05) is 25.9 Å². The van der Waals surface area contributed by atoms with E-state index in [-0.39, 0.29) is 0 Å². The number of thioether (sulfide) groups is 1. The molecule has 2 rings (SSSR count). The van der Waals surface area contributed by atoms with Crippen molar-refractivity contribution < 1.29 is 0 Å². The minimum absolute atomic E-state index is 0.512. The van der Waals surface area contributed by atoms with Gasteiger partial charge in [-0.05, 0) is 68.8 Å². The summed E-state index contributed by atoms with van der Waals surface area (Å²) in [5.74, 6) is 0.601. The van der Waals surface area contributed by atoms with Crippen molar-refractivity contribution in [3.05, 3.63) is 29.8 Å². The fourth-order valence-corrected chi connectivity index (χ4v) is 3.79. The summed E-state index contributed by atoms with van der Waals surface area (Å²) in [5.41, 5.74) is 7.54. The van der Waals surface area contributed by atoms with Crippen LogP contribution in [-0.2, 0) is 0 Å². The molecule has 0 radical (unpaired) electrons. The zero-order chi connectivity index (χ0) is 14.4. The van der Waals surface area contributed by atoms with Crippen LogP contribution in [0, 0.1) is 5.92 Å². The summed E-state index contributed by atoms with van der Waals surface area (Å²) in [6, 6.07) is 9.64. The Bertz CT molecular complexity index is 390. The summed E-state index contributed by atoms with van der Waals surface area (Å²) in [4.78, 5) is 4.01. The molecule has 2 N–H and O–H groups in total. The third kappa shape index (κ3) is 3.78. The maximum Gasteiger partial charge on any atom is 0.0388 e. The Morgan fingerprint density at radius 2 is 2.00 bits per heavy atom. The van der Waals surface area contributed by atoms with Gasteiger partial charge in [0.25, 0.3) is 0 Å². The van der Waals surface area contributed by atoms with Crippen LogP contribution < -0.4 is 5.73 Å². The van der Waals surface area contributed by atoms with Gasteiger partial charge in [-0.25, -0.2) is 0 Å². The molecule has 2 atom stereocenters. The first-order valence-corrected chi connectivity index (χ1v) is 9.10. The highest BCUT2D eigenvalue weighted by Gasteiger charge is 2.29. The van der Waals surface area contributed by atoms with Gasteiger partial charge in [-0.1, -0.05) is 25.5 Å². The van der Waals surface area contributed by atoms with Crippen LogP contribution >= 0.6 is 11.8 Å². The molecule has 0 bridgehead atoms. The lowest BCUT2D eigenvalue weighted by Gasteiger charge is -2.35. The van der Waals surface area contributed by atoms with Crippen molar-refractivity contribution in [1.29, 1.82) is 0 Å².